The molecule has 0 aromatic heterocycles. The Kier molecular flexibility index (Phi) is 7.29. The molecule has 3 aromatic carbocycles. The fourth-order valence-corrected chi connectivity index (χ4v) is 2.90. The van der Waals surface area contributed by atoms with Crippen LogP contribution in [0.15, 0.2) is 78.5 Å². The third kappa shape index (κ3) is 5.79. The van der Waals surface area contributed by atoms with E-state index in [9.17, 15) is 29.8 Å². The molecule has 0 saturated carbocycles. The highest BCUT2D eigenvalue weighted by molar-refractivity contribution is 6.11. The maximum Gasteiger partial charge on any atom is 0.272 e. The molecule has 0 aliphatic carbocycles. The number of rotatable bonds is 8. The predicted molar refractivity (Wildman–Crippen MR) is 123 cm³/mol. The molecule has 2 amide bonds. The summed E-state index contributed by atoms with van der Waals surface area (Å²) in [6.07, 6.45) is 1.35. The molecular weight excluding hydrogens is 444 g/mol. The predicted octanol–water partition coefficient (Wildman–Crippen LogP) is 3.92. The maximum absolute atomic E-state index is 13.0. The van der Waals surface area contributed by atoms with Crippen molar-refractivity contribution in [1.29, 1.82) is 0 Å². The number of para-hydroxylation sites is 1. The van der Waals surface area contributed by atoms with E-state index in [1.54, 1.807) is 18.2 Å². The lowest BCUT2D eigenvalue weighted by Crippen LogP contribution is -2.31. The molecule has 0 spiro atoms. The van der Waals surface area contributed by atoms with Crippen molar-refractivity contribution in [2.75, 3.05) is 12.4 Å². The molecular formula is C23H18N4O7. The van der Waals surface area contributed by atoms with Gasteiger partial charge >= 0.3 is 0 Å². The van der Waals surface area contributed by atoms with E-state index in [0.717, 1.165) is 0 Å². The largest absolute Gasteiger partial charge is 0.496 e. The number of nitro benzene ring substituents is 2. The summed E-state index contributed by atoms with van der Waals surface area (Å²) in [5.74, 6) is -1.04. The molecule has 0 saturated heterocycles. The van der Waals surface area contributed by atoms with Crippen LogP contribution in [-0.2, 0) is 4.79 Å². The SMILES string of the molecule is COc1ccccc1C(=O)NC(=Cc1ccc([N+](=O)[O-])cc1)C(=O)Nc1ccc([N+](=O)[O-])cc1. The van der Waals surface area contributed by atoms with Gasteiger partial charge in [0.1, 0.15) is 11.4 Å². The minimum Gasteiger partial charge on any atom is -0.496 e. The Labute approximate surface area is 193 Å². The Morgan fingerprint density at radius 3 is 1.97 bits per heavy atom. The Morgan fingerprint density at radius 1 is 0.853 bits per heavy atom. The van der Waals surface area contributed by atoms with Gasteiger partial charge in [0.25, 0.3) is 23.2 Å². The zero-order chi connectivity index (χ0) is 24.7. The molecule has 0 heterocycles. The highest BCUT2D eigenvalue weighted by atomic mass is 16.6. The van der Waals surface area contributed by atoms with Crippen LogP contribution in [0.1, 0.15) is 15.9 Å². The number of carbonyl (C=O) groups excluding carboxylic acids is 2. The standard InChI is InChI=1S/C23H18N4O7/c1-34-21-5-3-2-4-19(21)22(28)25-20(14-15-6-10-17(11-7-15)26(30)31)23(29)24-16-8-12-18(13-9-16)27(32)33/h2-14H,1H3,(H,24,29)(H,25,28). The lowest BCUT2D eigenvalue weighted by molar-refractivity contribution is -0.385. The van der Waals surface area contributed by atoms with Gasteiger partial charge in [-0.1, -0.05) is 12.1 Å². The molecule has 0 fully saturated rings. The summed E-state index contributed by atoms with van der Waals surface area (Å²) in [7, 11) is 1.40. The molecule has 11 heteroatoms. The normalized spacial score (nSPS) is 10.8. The fraction of sp³-hybridized carbons (Fsp3) is 0.0435. The highest BCUT2D eigenvalue weighted by Crippen LogP contribution is 2.20. The van der Waals surface area contributed by atoms with Crippen molar-refractivity contribution in [3.8, 4) is 5.75 Å². The Bertz CT molecular complexity index is 1270. The van der Waals surface area contributed by atoms with Crippen molar-refractivity contribution in [2.45, 2.75) is 0 Å². The lowest BCUT2D eigenvalue weighted by Gasteiger charge is -2.13. The van der Waals surface area contributed by atoms with Gasteiger partial charge < -0.3 is 15.4 Å². The number of nitro groups is 2. The molecule has 0 aliphatic heterocycles. The van der Waals surface area contributed by atoms with Crippen LogP contribution in [0.2, 0.25) is 0 Å². The number of ether oxygens (including phenoxy) is 1. The molecule has 3 aromatic rings. The summed E-state index contributed by atoms with van der Waals surface area (Å²) in [6, 6.07) is 16.9. The van der Waals surface area contributed by atoms with Gasteiger partial charge in [-0.25, -0.2) is 0 Å². The molecule has 172 valence electrons. The van der Waals surface area contributed by atoms with Gasteiger partial charge in [0.2, 0.25) is 0 Å². The molecule has 11 nitrogen and oxygen atoms in total. The van der Waals surface area contributed by atoms with E-state index in [0.29, 0.717) is 11.3 Å². The summed E-state index contributed by atoms with van der Waals surface area (Å²) >= 11 is 0. The Balaban J connectivity index is 1.91. The van der Waals surface area contributed by atoms with E-state index in [-0.39, 0.29) is 28.3 Å². The van der Waals surface area contributed by atoms with Crippen LogP contribution in [0.3, 0.4) is 0 Å². The topological polar surface area (TPSA) is 154 Å². The number of hydrogen-bond acceptors (Lipinski definition) is 7. The minimum atomic E-state index is -0.713. The first-order valence-electron chi connectivity index (χ1n) is 9.75. The zero-order valence-corrected chi connectivity index (χ0v) is 17.8. The van der Waals surface area contributed by atoms with Gasteiger partial charge in [0, 0.05) is 30.0 Å². The number of carbonyl (C=O) groups is 2. The van der Waals surface area contributed by atoms with Crippen LogP contribution in [0.5, 0.6) is 5.75 Å². The number of nitrogens with one attached hydrogen (secondary N) is 2. The average Bonchev–Trinajstić information content (AvgIpc) is 2.84. The van der Waals surface area contributed by atoms with Gasteiger partial charge in [-0.2, -0.15) is 0 Å². The highest BCUT2D eigenvalue weighted by Gasteiger charge is 2.18. The third-order valence-corrected chi connectivity index (χ3v) is 4.60. The van der Waals surface area contributed by atoms with Crippen LogP contribution >= 0.6 is 0 Å². The summed E-state index contributed by atoms with van der Waals surface area (Å²) in [5, 5.41) is 26.8. The van der Waals surface area contributed by atoms with Gasteiger partial charge in [0.05, 0.1) is 22.5 Å². The summed E-state index contributed by atoms with van der Waals surface area (Å²) in [4.78, 5) is 46.4. The second-order valence-corrected chi connectivity index (χ2v) is 6.82. The van der Waals surface area contributed by atoms with E-state index >= 15 is 0 Å². The second-order valence-electron chi connectivity index (χ2n) is 6.82. The summed E-state index contributed by atoms with van der Waals surface area (Å²) < 4.78 is 5.19. The smallest absolute Gasteiger partial charge is 0.272 e. The molecule has 3 rings (SSSR count). The molecule has 34 heavy (non-hydrogen) atoms. The van der Waals surface area contributed by atoms with E-state index in [1.807, 2.05) is 0 Å². The van der Waals surface area contributed by atoms with Crippen LogP contribution in [0, 0.1) is 20.2 Å². The van der Waals surface area contributed by atoms with Crippen molar-refractivity contribution >= 4 is 35.0 Å². The van der Waals surface area contributed by atoms with Crippen LogP contribution < -0.4 is 15.4 Å². The zero-order valence-electron chi connectivity index (χ0n) is 17.8. The first-order chi connectivity index (χ1) is 16.3. The van der Waals surface area contributed by atoms with Crippen LogP contribution in [-0.4, -0.2) is 28.8 Å². The number of hydrogen-bond donors (Lipinski definition) is 2. The minimum absolute atomic E-state index is 0.132. The monoisotopic (exact) mass is 462 g/mol. The number of non-ortho nitro benzene ring substituents is 2. The van der Waals surface area contributed by atoms with E-state index in [1.165, 1.54) is 67.8 Å². The molecule has 0 aliphatic rings. The second kappa shape index (κ2) is 10.5. The lowest BCUT2D eigenvalue weighted by atomic mass is 10.1. The van der Waals surface area contributed by atoms with Gasteiger partial charge in [-0.05, 0) is 48.0 Å². The third-order valence-electron chi connectivity index (χ3n) is 4.60. The number of anilines is 1. The first kappa shape index (κ1) is 23.6. The van der Waals surface area contributed by atoms with Crippen molar-refractivity contribution < 1.29 is 24.2 Å². The molecule has 0 radical (unpaired) electrons. The van der Waals surface area contributed by atoms with Crippen molar-refractivity contribution in [2.24, 2.45) is 0 Å². The van der Waals surface area contributed by atoms with Crippen molar-refractivity contribution in [1.82, 2.24) is 5.32 Å². The van der Waals surface area contributed by atoms with Gasteiger partial charge in [-0.15, -0.1) is 0 Å². The van der Waals surface area contributed by atoms with E-state index < -0.39 is 21.7 Å². The summed E-state index contributed by atoms with van der Waals surface area (Å²) in [5.41, 5.74) is 0.415. The van der Waals surface area contributed by atoms with Crippen LogP contribution in [0.25, 0.3) is 6.08 Å². The van der Waals surface area contributed by atoms with Crippen LogP contribution in [0.4, 0.5) is 17.1 Å². The molecule has 0 bridgehead atoms. The van der Waals surface area contributed by atoms with Gasteiger partial charge in [-0.3, -0.25) is 29.8 Å². The van der Waals surface area contributed by atoms with Crippen molar-refractivity contribution in [3.63, 3.8) is 0 Å². The average molecular weight is 462 g/mol. The first-order valence-corrected chi connectivity index (χ1v) is 9.75. The number of methoxy groups -OCH3 is 1. The fourth-order valence-electron chi connectivity index (χ4n) is 2.90. The maximum atomic E-state index is 13.0. The summed E-state index contributed by atoms with van der Waals surface area (Å²) in [6.45, 7) is 0. The van der Waals surface area contributed by atoms with E-state index in [2.05, 4.69) is 10.6 Å². The molecule has 0 unspecified atom stereocenters. The van der Waals surface area contributed by atoms with E-state index in [4.69, 9.17) is 4.74 Å². The molecule has 2 N–H and O–H groups in total. The number of nitrogens with zero attached hydrogens (tertiary/aromatic N) is 2. The van der Waals surface area contributed by atoms with Crippen molar-refractivity contribution in [3.05, 3.63) is 110 Å². The van der Waals surface area contributed by atoms with Gasteiger partial charge in [0.15, 0.2) is 0 Å². The number of amides is 2. The molecule has 0 atom stereocenters. The Hall–Kier alpha value is -5.06. The Morgan fingerprint density at radius 2 is 1.41 bits per heavy atom. The quantitative estimate of drug-likeness (QED) is 0.292. The number of benzene rings is 3.